The molecule has 0 aromatic heterocycles. The maximum Gasteiger partial charge on any atom is 0.326 e. The number of methoxy groups -OCH3 is 2. The summed E-state index contributed by atoms with van der Waals surface area (Å²) in [5, 5.41) is 10.5. The number of aliphatic hydroxyl groups excluding tert-OH is 1. The van der Waals surface area contributed by atoms with Gasteiger partial charge in [-0.05, 0) is 38.1 Å². The first-order chi connectivity index (χ1) is 15.2. The lowest BCUT2D eigenvalue weighted by Crippen LogP contribution is -2.63. The van der Waals surface area contributed by atoms with Gasteiger partial charge < -0.3 is 24.1 Å². The third-order valence-corrected chi connectivity index (χ3v) is 6.69. The summed E-state index contributed by atoms with van der Waals surface area (Å²) in [6.45, 7) is 2.57. The number of ether oxygens (including phenoxy) is 4. The summed E-state index contributed by atoms with van der Waals surface area (Å²) in [6.07, 6.45) is -3.47. The summed E-state index contributed by atoms with van der Waals surface area (Å²) in [7, 11) is -5.66. The zero-order chi connectivity index (χ0) is 25.0. The minimum absolute atomic E-state index is 0.0246. The average Bonchev–Trinajstić information content (AvgIpc) is 2.74. The van der Waals surface area contributed by atoms with Crippen LogP contribution in [0.2, 0.25) is 0 Å². The lowest BCUT2D eigenvalue weighted by atomic mass is 9.97. The minimum atomic E-state index is -4.26. The van der Waals surface area contributed by atoms with Crippen molar-refractivity contribution in [1.29, 1.82) is 0 Å². The quantitative estimate of drug-likeness (QED) is 0.305. The molecular weight excluding hydrogens is 482 g/mol. The smallest absolute Gasteiger partial charge is 0.326 e. The van der Waals surface area contributed by atoms with E-state index in [0.29, 0.717) is 5.75 Å². The molecule has 2 N–H and O–H groups in total. The second-order valence-electron chi connectivity index (χ2n) is 7.97. The molecule has 14 heteroatoms. The summed E-state index contributed by atoms with van der Waals surface area (Å²) in [4.78, 5) is 12.4. The first kappa shape index (κ1) is 27.4. The highest BCUT2D eigenvalue weighted by Crippen LogP contribution is 2.29. The van der Waals surface area contributed by atoms with Crippen LogP contribution in [0.5, 0.6) is 5.75 Å². The van der Waals surface area contributed by atoms with Gasteiger partial charge in [-0.15, -0.1) is 0 Å². The molecule has 0 unspecified atom stereocenters. The Morgan fingerprint density at radius 1 is 1.18 bits per heavy atom. The van der Waals surface area contributed by atoms with E-state index >= 15 is 0 Å². The maximum atomic E-state index is 13.0. The third kappa shape index (κ3) is 7.60. The van der Waals surface area contributed by atoms with Crippen LogP contribution >= 0.6 is 0 Å². The van der Waals surface area contributed by atoms with Crippen LogP contribution in [0.4, 0.5) is 0 Å². The van der Waals surface area contributed by atoms with Gasteiger partial charge in [-0.1, -0.05) is 0 Å². The summed E-state index contributed by atoms with van der Waals surface area (Å²) >= 11 is 0. The molecule has 2 rings (SSSR count). The number of nitrogens with one attached hydrogen (secondary N) is 1. The van der Waals surface area contributed by atoms with E-state index in [2.05, 4.69) is 8.91 Å². The predicted octanol–water partition coefficient (Wildman–Crippen LogP) is -0.585. The van der Waals surface area contributed by atoms with Crippen LogP contribution in [0, 0.1) is 0 Å². The largest absolute Gasteiger partial charge is 0.497 e. The molecule has 33 heavy (non-hydrogen) atoms. The van der Waals surface area contributed by atoms with Crippen molar-refractivity contribution in [2.45, 2.75) is 48.7 Å². The van der Waals surface area contributed by atoms with Gasteiger partial charge in [-0.3, -0.25) is 8.98 Å². The lowest BCUT2D eigenvalue weighted by Gasteiger charge is -2.44. The van der Waals surface area contributed by atoms with E-state index in [-0.39, 0.29) is 11.5 Å². The Kier molecular flexibility index (Phi) is 8.84. The molecule has 0 spiro atoms. The van der Waals surface area contributed by atoms with Gasteiger partial charge in [0.1, 0.15) is 30.1 Å². The molecule has 1 heterocycles. The van der Waals surface area contributed by atoms with E-state index in [9.17, 15) is 26.7 Å². The summed E-state index contributed by atoms with van der Waals surface area (Å²) in [5.74, 6) is -0.571. The summed E-state index contributed by atoms with van der Waals surface area (Å²) < 4.78 is 76.8. The number of rotatable bonds is 10. The van der Waals surface area contributed by atoms with Crippen molar-refractivity contribution in [3.63, 3.8) is 0 Å². The zero-order valence-corrected chi connectivity index (χ0v) is 20.5. The highest BCUT2D eigenvalue weighted by Gasteiger charge is 2.48. The Hall–Kier alpha value is -1.81. The number of sulfonamides is 1. The van der Waals surface area contributed by atoms with Gasteiger partial charge in [0.05, 0.1) is 44.2 Å². The SMILES string of the molecule is COC(=O)[C@H](NS(=O)(=O)c1ccc(OC)cc1)[C@@H]1OC(C)(C)CO[C@H]1[C@@H](O)COS(C)(=O)=O. The first-order valence-electron chi connectivity index (χ1n) is 9.75. The van der Waals surface area contributed by atoms with Crippen LogP contribution in [-0.2, 0) is 43.3 Å². The molecule has 1 aromatic carbocycles. The number of hydrogen-bond acceptors (Lipinski definition) is 11. The van der Waals surface area contributed by atoms with E-state index in [1.165, 1.54) is 31.4 Å². The van der Waals surface area contributed by atoms with Gasteiger partial charge >= 0.3 is 5.97 Å². The molecule has 1 aliphatic heterocycles. The molecule has 12 nitrogen and oxygen atoms in total. The normalized spacial score (nSPS) is 22.8. The number of benzene rings is 1. The second-order valence-corrected chi connectivity index (χ2v) is 11.3. The third-order valence-electron chi connectivity index (χ3n) is 4.67. The fourth-order valence-corrected chi connectivity index (χ4v) is 4.69. The van der Waals surface area contributed by atoms with E-state index in [0.717, 1.165) is 13.4 Å². The topological polar surface area (TPSA) is 164 Å². The van der Waals surface area contributed by atoms with Crippen molar-refractivity contribution < 1.29 is 49.9 Å². The van der Waals surface area contributed by atoms with Crippen molar-refractivity contribution in [3.05, 3.63) is 24.3 Å². The number of esters is 1. The number of carbonyl (C=O) groups is 1. The molecule has 1 fully saturated rings. The minimum Gasteiger partial charge on any atom is -0.497 e. The Morgan fingerprint density at radius 2 is 1.79 bits per heavy atom. The second kappa shape index (κ2) is 10.6. The molecule has 4 atom stereocenters. The number of aliphatic hydroxyl groups is 1. The van der Waals surface area contributed by atoms with E-state index < -0.39 is 62.7 Å². The number of hydrogen-bond donors (Lipinski definition) is 2. The van der Waals surface area contributed by atoms with Crippen molar-refractivity contribution in [3.8, 4) is 5.75 Å². The summed E-state index contributed by atoms with van der Waals surface area (Å²) in [5.41, 5.74) is -0.962. The zero-order valence-electron chi connectivity index (χ0n) is 18.9. The predicted molar refractivity (Wildman–Crippen MR) is 115 cm³/mol. The van der Waals surface area contributed by atoms with Crippen molar-refractivity contribution in [2.75, 3.05) is 33.7 Å². The highest BCUT2D eigenvalue weighted by atomic mass is 32.2. The molecule has 0 saturated carbocycles. The van der Waals surface area contributed by atoms with Crippen molar-refractivity contribution in [1.82, 2.24) is 4.72 Å². The molecule has 1 aliphatic rings. The Bertz CT molecular complexity index is 1020. The highest BCUT2D eigenvalue weighted by molar-refractivity contribution is 7.89. The van der Waals surface area contributed by atoms with E-state index in [1.807, 2.05) is 0 Å². The standard InChI is InChI=1S/C19H29NO11S2/c1-19(2)11-29-16(14(21)10-30-32(5,23)24)17(31-19)15(18(22)28-4)20-33(25,26)13-8-6-12(27-3)7-9-13/h6-9,14-17,20-21H,10-11H2,1-5H3/t14-,15+,16-,17-/m0/s1. The molecule has 0 radical (unpaired) electrons. The first-order valence-corrected chi connectivity index (χ1v) is 13.0. The number of carbonyl (C=O) groups excluding carboxylic acids is 1. The van der Waals surface area contributed by atoms with Gasteiger partial charge in [0.15, 0.2) is 0 Å². The van der Waals surface area contributed by atoms with Crippen LogP contribution < -0.4 is 9.46 Å². The molecular formula is C19H29NO11S2. The van der Waals surface area contributed by atoms with Gasteiger partial charge in [-0.25, -0.2) is 8.42 Å². The van der Waals surface area contributed by atoms with Crippen LogP contribution in [0.25, 0.3) is 0 Å². The molecule has 1 aromatic rings. The molecule has 0 amide bonds. The Labute approximate surface area is 193 Å². The molecule has 188 valence electrons. The van der Waals surface area contributed by atoms with Crippen LogP contribution in [0.1, 0.15) is 13.8 Å². The van der Waals surface area contributed by atoms with Gasteiger partial charge in [0.2, 0.25) is 10.0 Å². The fourth-order valence-electron chi connectivity index (χ4n) is 3.10. The summed E-state index contributed by atoms with van der Waals surface area (Å²) in [6, 6.07) is 3.79. The van der Waals surface area contributed by atoms with Gasteiger partial charge in [0, 0.05) is 0 Å². The van der Waals surface area contributed by atoms with Crippen LogP contribution in [-0.4, -0.2) is 91.6 Å². The van der Waals surface area contributed by atoms with Crippen molar-refractivity contribution in [2.24, 2.45) is 0 Å². The molecule has 0 aliphatic carbocycles. The fraction of sp³-hybridized carbons (Fsp3) is 0.632. The Morgan fingerprint density at radius 3 is 2.30 bits per heavy atom. The molecule has 0 bridgehead atoms. The average molecular weight is 512 g/mol. The van der Waals surface area contributed by atoms with Gasteiger partial charge in [-0.2, -0.15) is 13.1 Å². The maximum absolute atomic E-state index is 13.0. The van der Waals surface area contributed by atoms with E-state index in [4.69, 9.17) is 18.9 Å². The van der Waals surface area contributed by atoms with Crippen LogP contribution in [0.15, 0.2) is 29.2 Å². The molecule has 1 saturated heterocycles. The van der Waals surface area contributed by atoms with E-state index in [1.54, 1.807) is 13.8 Å². The monoisotopic (exact) mass is 511 g/mol. The Balaban J connectivity index is 2.38. The van der Waals surface area contributed by atoms with Gasteiger partial charge in [0.25, 0.3) is 10.1 Å². The van der Waals surface area contributed by atoms with Crippen molar-refractivity contribution >= 4 is 26.1 Å². The van der Waals surface area contributed by atoms with Crippen LogP contribution in [0.3, 0.4) is 0 Å². The lowest BCUT2D eigenvalue weighted by molar-refractivity contribution is -0.248.